The lowest BCUT2D eigenvalue weighted by atomic mass is 10.1. The van der Waals surface area contributed by atoms with Gasteiger partial charge in [-0.05, 0) is 43.7 Å². The van der Waals surface area contributed by atoms with Crippen LogP contribution in [0.25, 0.3) is 5.69 Å². The summed E-state index contributed by atoms with van der Waals surface area (Å²) in [7, 11) is 4.24. The predicted molar refractivity (Wildman–Crippen MR) is 124 cm³/mol. The van der Waals surface area contributed by atoms with Crippen LogP contribution in [-0.2, 0) is 20.9 Å². The van der Waals surface area contributed by atoms with Crippen molar-refractivity contribution in [2.75, 3.05) is 27.9 Å². The van der Waals surface area contributed by atoms with Crippen LogP contribution in [0.15, 0.2) is 48.5 Å². The number of benzene rings is 2. The summed E-state index contributed by atoms with van der Waals surface area (Å²) in [6.07, 6.45) is 0. The lowest BCUT2D eigenvalue weighted by molar-refractivity contribution is -0.145. The molecule has 0 fully saturated rings. The van der Waals surface area contributed by atoms with Crippen molar-refractivity contribution in [3.8, 4) is 17.2 Å². The number of aryl methyl sites for hydroxylation is 1. The Kier molecular flexibility index (Phi) is 7.68. The zero-order chi connectivity index (χ0) is 24.8. The standard InChI is InChI=1S/C25H27N3O6/c1-16-23(17(2)28(26-16)19-9-7-6-8-10-19)24(30)25(31)27(15-22(29)34-5)14-18-11-20(32-3)13-21(12-18)33-4/h6-13H,14-15H2,1-5H3. The van der Waals surface area contributed by atoms with Gasteiger partial charge in [0.25, 0.3) is 11.7 Å². The van der Waals surface area contributed by atoms with Crippen molar-refractivity contribution < 1.29 is 28.6 Å². The van der Waals surface area contributed by atoms with Crippen LogP contribution in [0.3, 0.4) is 0 Å². The number of carbonyl (C=O) groups excluding carboxylic acids is 3. The van der Waals surface area contributed by atoms with Crippen LogP contribution in [0.4, 0.5) is 0 Å². The van der Waals surface area contributed by atoms with Gasteiger partial charge in [0.15, 0.2) is 0 Å². The first-order chi connectivity index (χ1) is 16.3. The van der Waals surface area contributed by atoms with E-state index in [1.54, 1.807) is 36.7 Å². The molecule has 0 spiro atoms. The molecule has 0 bridgehead atoms. The third-order valence-corrected chi connectivity index (χ3v) is 5.33. The van der Waals surface area contributed by atoms with Gasteiger partial charge in [-0.1, -0.05) is 18.2 Å². The normalized spacial score (nSPS) is 10.5. The van der Waals surface area contributed by atoms with Gasteiger partial charge in [-0.15, -0.1) is 0 Å². The van der Waals surface area contributed by atoms with Crippen LogP contribution < -0.4 is 9.47 Å². The number of methoxy groups -OCH3 is 3. The molecule has 0 atom stereocenters. The Morgan fingerprint density at radius 3 is 2.12 bits per heavy atom. The zero-order valence-corrected chi connectivity index (χ0v) is 19.8. The first-order valence-corrected chi connectivity index (χ1v) is 10.5. The monoisotopic (exact) mass is 465 g/mol. The molecular formula is C25H27N3O6. The summed E-state index contributed by atoms with van der Waals surface area (Å²) in [6.45, 7) is 2.97. The van der Waals surface area contributed by atoms with Crippen molar-refractivity contribution in [1.82, 2.24) is 14.7 Å². The highest BCUT2D eigenvalue weighted by molar-refractivity contribution is 6.43. The van der Waals surface area contributed by atoms with Gasteiger partial charge in [0.2, 0.25) is 0 Å². The second-order valence-corrected chi connectivity index (χ2v) is 7.58. The molecule has 0 aliphatic carbocycles. The largest absolute Gasteiger partial charge is 0.497 e. The summed E-state index contributed by atoms with van der Waals surface area (Å²) in [5.74, 6) is -1.21. The van der Waals surface area contributed by atoms with Gasteiger partial charge in [0.1, 0.15) is 18.0 Å². The van der Waals surface area contributed by atoms with E-state index in [2.05, 4.69) is 5.10 Å². The molecule has 0 radical (unpaired) electrons. The van der Waals surface area contributed by atoms with E-state index in [-0.39, 0.29) is 12.1 Å². The molecule has 3 aromatic rings. The highest BCUT2D eigenvalue weighted by atomic mass is 16.5. The molecule has 34 heavy (non-hydrogen) atoms. The number of nitrogens with zero attached hydrogens (tertiary/aromatic N) is 3. The van der Waals surface area contributed by atoms with E-state index in [0.717, 1.165) is 10.6 Å². The average molecular weight is 466 g/mol. The molecule has 1 amide bonds. The quantitative estimate of drug-likeness (QED) is 0.272. The highest BCUT2D eigenvalue weighted by Crippen LogP contribution is 2.24. The molecule has 0 saturated carbocycles. The van der Waals surface area contributed by atoms with E-state index in [9.17, 15) is 14.4 Å². The van der Waals surface area contributed by atoms with Crippen LogP contribution in [0.1, 0.15) is 27.3 Å². The highest BCUT2D eigenvalue weighted by Gasteiger charge is 2.30. The molecule has 1 heterocycles. The number of Topliss-reactive ketones (excluding diaryl/α,β-unsaturated/α-hetero) is 1. The topological polar surface area (TPSA) is 100.0 Å². The molecule has 0 aliphatic heterocycles. The molecule has 0 unspecified atom stereocenters. The minimum Gasteiger partial charge on any atom is -0.497 e. The van der Waals surface area contributed by atoms with E-state index in [1.165, 1.54) is 21.3 Å². The predicted octanol–water partition coefficient (Wildman–Crippen LogP) is 2.89. The van der Waals surface area contributed by atoms with E-state index in [1.807, 2.05) is 30.3 Å². The number of rotatable bonds is 9. The maximum absolute atomic E-state index is 13.3. The number of carbonyl (C=O) groups is 3. The van der Waals surface area contributed by atoms with Crippen molar-refractivity contribution in [1.29, 1.82) is 0 Å². The second-order valence-electron chi connectivity index (χ2n) is 7.58. The summed E-state index contributed by atoms with van der Waals surface area (Å²) in [5.41, 5.74) is 2.54. The number of hydrogen-bond acceptors (Lipinski definition) is 7. The Bertz CT molecular complexity index is 1180. The maximum Gasteiger partial charge on any atom is 0.325 e. The Morgan fingerprint density at radius 2 is 1.56 bits per heavy atom. The molecule has 0 saturated heterocycles. The zero-order valence-electron chi connectivity index (χ0n) is 19.8. The second kappa shape index (κ2) is 10.7. The summed E-state index contributed by atoms with van der Waals surface area (Å²) in [5, 5.41) is 4.45. The molecule has 9 heteroatoms. The average Bonchev–Trinajstić information content (AvgIpc) is 3.16. The molecule has 3 rings (SSSR count). The summed E-state index contributed by atoms with van der Waals surface area (Å²) >= 11 is 0. The van der Waals surface area contributed by atoms with Crippen LogP contribution in [0.5, 0.6) is 11.5 Å². The molecular weight excluding hydrogens is 438 g/mol. The molecule has 178 valence electrons. The van der Waals surface area contributed by atoms with Crippen LogP contribution in [0, 0.1) is 13.8 Å². The van der Waals surface area contributed by atoms with Gasteiger partial charge in [0, 0.05) is 12.6 Å². The lowest BCUT2D eigenvalue weighted by Gasteiger charge is -2.21. The fourth-order valence-corrected chi connectivity index (χ4v) is 3.64. The van der Waals surface area contributed by atoms with Crippen LogP contribution in [-0.4, -0.2) is 60.2 Å². The Morgan fingerprint density at radius 1 is 0.941 bits per heavy atom. The van der Waals surface area contributed by atoms with Gasteiger partial charge >= 0.3 is 5.97 Å². The van der Waals surface area contributed by atoms with Crippen molar-refractivity contribution in [2.45, 2.75) is 20.4 Å². The summed E-state index contributed by atoms with van der Waals surface area (Å²) in [6, 6.07) is 14.4. The number of amides is 1. The minimum atomic E-state index is -0.842. The third-order valence-electron chi connectivity index (χ3n) is 5.33. The Hall–Kier alpha value is -4.14. The number of para-hydroxylation sites is 1. The van der Waals surface area contributed by atoms with Gasteiger partial charge in [-0.25, -0.2) is 4.68 Å². The Balaban J connectivity index is 1.95. The minimum absolute atomic E-state index is 0.0296. The maximum atomic E-state index is 13.3. The number of aromatic nitrogens is 2. The smallest absolute Gasteiger partial charge is 0.325 e. The number of ketones is 1. The Labute approximate surface area is 197 Å². The van der Waals surface area contributed by atoms with Gasteiger partial charge in [-0.3, -0.25) is 14.4 Å². The van der Waals surface area contributed by atoms with Crippen molar-refractivity contribution in [2.24, 2.45) is 0 Å². The van der Waals surface area contributed by atoms with Crippen molar-refractivity contribution in [3.63, 3.8) is 0 Å². The first-order valence-electron chi connectivity index (χ1n) is 10.5. The van der Waals surface area contributed by atoms with Crippen LogP contribution in [0.2, 0.25) is 0 Å². The number of esters is 1. The fraction of sp³-hybridized carbons (Fsp3) is 0.280. The molecule has 2 aromatic carbocycles. The fourth-order valence-electron chi connectivity index (χ4n) is 3.64. The number of ether oxygens (including phenoxy) is 3. The van der Waals surface area contributed by atoms with Gasteiger partial charge < -0.3 is 19.1 Å². The van der Waals surface area contributed by atoms with E-state index >= 15 is 0 Å². The van der Waals surface area contributed by atoms with Crippen molar-refractivity contribution in [3.05, 3.63) is 71.0 Å². The van der Waals surface area contributed by atoms with E-state index in [4.69, 9.17) is 14.2 Å². The lowest BCUT2D eigenvalue weighted by Crippen LogP contribution is -2.40. The van der Waals surface area contributed by atoms with Gasteiger partial charge in [0.05, 0.1) is 44.0 Å². The SMILES string of the molecule is COC(=O)CN(Cc1cc(OC)cc(OC)c1)C(=O)C(=O)c1c(C)nn(-c2ccccc2)c1C. The number of hydrogen-bond donors (Lipinski definition) is 0. The molecule has 1 aromatic heterocycles. The molecule has 0 N–H and O–H groups in total. The van der Waals surface area contributed by atoms with Crippen molar-refractivity contribution >= 4 is 17.7 Å². The summed E-state index contributed by atoms with van der Waals surface area (Å²) in [4.78, 5) is 39.9. The molecule has 0 aliphatic rings. The van der Waals surface area contributed by atoms with E-state index in [0.29, 0.717) is 28.5 Å². The van der Waals surface area contributed by atoms with E-state index < -0.39 is 24.2 Å². The van der Waals surface area contributed by atoms with Crippen LogP contribution >= 0.6 is 0 Å². The third kappa shape index (κ3) is 5.25. The summed E-state index contributed by atoms with van der Waals surface area (Å²) < 4.78 is 16.9. The molecule has 9 nitrogen and oxygen atoms in total. The first kappa shape index (κ1) is 24.5. The van der Waals surface area contributed by atoms with Gasteiger partial charge in [-0.2, -0.15) is 5.10 Å².